The van der Waals surface area contributed by atoms with Crippen molar-refractivity contribution >= 4 is 29.9 Å². The minimum Gasteiger partial charge on any atom is -0.507 e. The van der Waals surface area contributed by atoms with E-state index >= 15 is 0 Å². The number of phenols is 1. The van der Waals surface area contributed by atoms with Gasteiger partial charge >= 0.3 is 18.3 Å². The highest BCUT2D eigenvalue weighted by Crippen LogP contribution is 2.29. The Hall–Kier alpha value is -4.52. The van der Waals surface area contributed by atoms with E-state index in [2.05, 4.69) is 10.2 Å². The fourth-order valence-corrected chi connectivity index (χ4v) is 8.10. The molecule has 4 aliphatic rings. The summed E-state index contributed by atoms with van der Waals surface area (Å²) in [6, 6.07) is 11.5. The number of aryl methyl sites for hydroxylation is 2. The number of para-hydroxylation sites is 1. The second-order valence-electron chi connectivity index (χ2n) is 14.2. The fourth-order valence-electron chi connectivity index (χ4n) is 8.10. The van der Waals surface area contributed by atoms with Crippen LogP contribution in [0.3, 0.4) is 0 Å². The number of nitrogens with one attached hydrogen (secondary N) is 1. The van der Waals surface area contributed by atoms with Crippen LogP contribution in [0.4, 0.5) is 20.1 Å². The summed E-state index contributed by atoms with van der Waals surface area (Å²) >= 11 is 0. The van der Waals surface area contributed by atoms with Crippen molar-refractivity contribution in [2.75, 3.05) is 51.7 Å². The number of aromatic hydroxyl groups is 1. The van der Waals surface area contributed by atoms with Crippen LogP contribution >= 0.6 is 0 Å². The van der Waals surface area contributed by atoms with Crippen LogP contribution in [0.1, 0.15) is 67.2 Å². The van der Waals surface area contributed by atoms with Crippen molar-refractivity contribution in [3.05, 3.63) is 58.7 Å². The molecule has 51 heavy (non-hydrogen) atoms. The molecule has 4 aliphatic heterocycles. The molecule has 0 aliphatic carbocycles. The van der Waals surface area contributed by atoms with Gasteiger partial charge in [-0.25, -0.2) is 14.4 Å². The Bertz CT molecular complexity index is 1560. The van der Waals surface area contributed by atoms with E-state index in [4.69, 9.17) is 14.2 Å². The number of carbonyl (C=O) groups excluding carboxylic acids is 4. The molecule has 0 bridgehead atoms. The number of urea groups is 1. The van der Waals surface area contributed by atoms with E-state index in [-0.39, 0.29) is 42.4 Å². The van der Waals surface area contributed by atoms with E-state index in [1.807, 2.05) is 55.1 Å². The number of fused-ring (bicyclic) bond motifs is 1. The summed E-state index contributed by atoms with van der Waals surface area (Å²) in [6.07, 6.45) is 3.67. The first kappa shape index (κ1) is 36.3. The number of hydrogen-bond donors (Lipinski definition) is 2. The van der Waals surface area contributed by atoms with Crippen molar-refractivity contribution in [2.45, 2.75) is 96.1 Å². The van der Waals surface area contributed by atoms with Gasteiger partial charge in [0.05, 0.1) is 7.11 Å². The van der Waals surface area contributed by atoms with E-state index < -0.39 is 18.4 Å². The van der Waals surface area contributed by atoms with Crippen LogP contribution in [0.5, 0.6) is 5.75 Å². The largest absolute Gasteiger partial charge is 0.509 e. The predicted molar refractivity (Wildman–Crippen MR) is 189 cm³/mol. The number of nitrogens with zero attached hydrogens (tertiary/aromatic N) is 4. The fraction of sp³-hybridized carbons (Fsp3) is 0.579. The first-order valence-corrected chi connectivity index (χ1v) is 18.3. The molecule has 13 nitrogen and oxygen atoms in total. The standard InChI is InChI=1S/C38H51N5O8/c1-25-22-27(23-26(2)34(25)44)24-32(35(45)40-17-12-29(13-18-40)42-16-7-6-10-33(42)51-38(48)49-3)50-37(47)41-19-14-30(15-20-41)43-21-11-28-8-4-5-9-31(28)39-36(43)46/h4-5,8-9,22-23,29-30,32-33,44H,6-7,10-21,24H2,1-3H3,(H,39,46)/t32-,33-/m1/s1. The van der Waals surface area contributed by atoms with Gasteiger partial charge in [0, 0.05) is 63.5 Å². The van der Waals surface area contributed by atoms with E-state index in [9.17, 15) is 24.3 Å². The molecule has 0 radical (unpaired) electrons. The quantitative estimate of drug-likeness (QED) is 0.372. The van der Waals surface area contributed by atoms with Crippen molar-refractivity contribution in [2.24, 2.45) is 0 Å². The smallest absolute Gasteiger partial charge is 0.507 e. The molecule has 0 aromatic heterocycles. The molecule has 0 unspecified atom stereocenters. The lowest BCUT2D eigenvalue weighted by Gasteiger charge is -2.44. The normalized spacial score (nSPS) is 21.3. The van der Waals surface area contributed by atoms with Crippen LogP contribution in [0, 0.1) is 13.8 Å². The Kier molecular flexibility index (Phi) is 11.5. The lowest BCUT2D eigenvalue weighted by molar-refractivity contribution is -0.144. The first-order chi connectivity index (χ1) is 24.6. The van der Waals surface area contributed by atoms with Gasteiger partial charge in [-0.05, 0) is 93.5 Å². The summed E-state index contributed by atoms with van der Waals surface area (Å²) in [4.78, 5) is 60.3. The summed E-state index contributed by atoms with van der Waals surface area (Å²) in [5.41, 5.74) is 4.13. The number of phenolic OH excluding ortho intramolecular Hbond substituents is 1. The average Bonchev–Trinajstić information content (AvgIpc) is 3.31. The predicted octanol–water partition coefficient (Wildman–Crippen LogP) is 5.20. The van der Waals surface area contributed by atoms with Gasteiger partial charge in [-0.1, -0.05) is 30.3 Å². The number of piperidine rings is 3. The molecular formula is C38H51N5O8. The van der Waals surface area contributed by atoms with Crippen molar-refractivity contribution in [1.82, 2.24) is 19.6 Å². The number of likely N-dealkylation sites (tertiary alicyclic amines) is 3. The molecule has 0 spiro atoms. The molecular weight excluding hydrogens is 654 g/mol. The highest BCUT2D eigenvalue weighted by Gasteiger charge is 2.38. The number of anilines is 1. The molecule has 2 aromatic rings. The summed E-state index contributed by atoms with van der Waals surface area (Å²) in [7, 11) is 1.31. The van der Waals surface area contributed by atoms with Gasteiger partial charge in [0.1, 0.15) is 5.75 Å². The van der Waals surface area contributed by atoms with E-state index in [1.54, 1.807) is 9.80 Å². The van der Waals surface area contributed by atoms with Gasteiger partial charge in [-0.2, -0.15) is 0 Å². The second-order valence-corrected chi connectivity index (χ2v) is 14.2. The van der Waals surface area contributed by atoms with Crippen molar-refractivity contribution in [3.8, 4) is 5.75 Å². The van der Waals surface area contributed by atoms with Crippen molar-refractivity contribution in [1.29, 1.82) is 0 Å². The number of rotatable bonds is 7. The number of benzene rings is 2. The highest BCUT2D eigenvalue weighted by atomic mass is 16.7. The molecule has 6 rings (SSSR count). The zero-order valence-electron chi connectivity index (χ0n) is 30.0. The van der Waals surface area contributed by atoms with Crippen molar-refractivity contribution in [3.63, 3.8) is 0 Å². The number of methoxy groups -OCH3 is 1. The number of amides is 4. The maximum atomic E-state index is 14.1. The lowest BCUT2D eigenvalue weighted by atomic mass is 9.97. The summed E-state index contributed by atoms with van der Waals surface area (Å²) < 4.78 is 16.4. The first-order valence-electron chi connectivity index (χ1n) is 18.3. The highest BCUT2D eigenvalue weighted by molar-refractivity contribution is 5.91. The van der Waals surface area contributed by atoms with E-state index in [1.165, 1.54) is 7.11 Å². The summed E-state index contributed by atoms with van der Waals surface area (Å²) in [5, 5.41) is 13.4. The molecule has 2 atom stereocenters. The third-order valence-corrected chi connectivity index (χ3v) is 10.9. The molecule has 276 valence electrons. The van der Waals surface area contributed by atoms with Crippen LogP contribution < -0.4 is 5.32 Å². The minimum atomic E-state index is -1.05. The average molecular weight is 706 g/mol. The lowest BCUT2D eigenvalue weighted by Crippen LogP contribution is -2.55. The molecule has 3 fully saturated rings. The maximum Gasteiger partial charge on any atom is 0.509 e. The van der Waals surface area contributed by atoms with Crippen LogP contribution in [-0.2, 0) is 31.8 Å². The molecule has 3 saturated heterocycles. The zero-order valence-corrected chi connectivity index (χ0v) is 30.0. The Labute approximate surface area is 299 Å². The van der Waals surface area contributed by atoms with Gasteiger partial charge in [0.25, 0.3) is 5.91 Å². The van der Waals surface area contributed by atoms with E-state index in [0.29, 0.717) is 69.5 Å². The third kappa shape index (κ3) is 8.52. The SMILES string of the molecule is COC(=O)O[C@@H]1CCCCN1C1CCN(C(=O)[C@@H](Cc2cc(C)c(O)c(C)c2)OC(=O)N2CCC(N3CCc4ccccc4NC3=O)CC2)CC1. The third-order valence-electron chi connectivity index (χ3n) is 10.9. The van der Waals surface area contributed by atoms with Crippen LogP contribution in [0.15, 0.2) is 36.4 Å². The minimum absolute atomic E-state index is 0.0115. The van der Waals surface area contributed by atoms with Gasteiger partial charge in [0.15, 0.2) is 12.3 Å². The molecule has 0 saturated carbocycles. The Balaban J connectivity index is 1.09. The Morgan fingerprint density at radius 2 is 1.55 bits per heavy atom. The van der Waals surface area contributed by atoms with Crippen molar-refractivity contribution < 1.29 is 38.5 Å². The van der Waals surface area contributed by atoms with Gasteiger partial charge in [-0.3, -0.25) is 9.69 Å². The Morgan fingerprint density at radius 3 is 2.25 bits per heavy atom. The molecule has 2 aromatic carbocycles. The molecule has 4 amide bonds. The van der Waals surface area contributed by atoms with E-state index in [0.717, 1.165) is 49.0 Å². The maximum absolute atomic E-state index is 14.1. The molecule has 2 N–H and O–H groups in total. The monoisotopic (exact) mass is 705 g/mol. The van der Waals surface area contributed by atoms with Crippen LogP contribution in [0.2, 0.25) is 0 Å². The molecule has 13 heteroatoms. The topological polar surface area (TPSA) is 141 Å². The Morgan fingerprint density at radius 1 is 0.882 bits per heavy atom. The number of carbonyl (C=O) groups is 4. The van der Waals surface area contributed by atoms with Gasteiger partial charge in [-0.15, -0.1) is 0 Å². The van der Waals surface area contributed by atoms with Gasteiger partial charge < -0.3 is 39.3 Å². The zero-order chi connectivity index (χ0) is 36.1. The second kappa shape index (κ2) is 16.2. The summed E-state index contributed by atoms with van der Waals surface area (Å²) in [6.45, 7) is 6.83. The van der Waals surface area contributed by atoms with Crippen LogP contribution in [-0.4, -0.2) is 120 Å². The number of hydrogen-bond acceptors (Lipinski definition) is 9. The van der Waals surface area contributed by atoms with Crippen LogP contribution in [0.25, 0.3) is 0 Å². The molecule has 4 heterocycles. The summed E-state index contributed by atoms with van der Waals surface area (Å²) in [5.74, 6) is -0.0420. The number of ether oxygens (including phenoxy) is 3. The van der Waals surface area contributed by atoms with Gasteiger partial charge in [0.2, 0.25) is 0 Å².